The van der Waals surface area contributed by atoms with Crippen LogP contribution in [0.2, 0.25) is 0 Å². The van der Waals surface area contributed by atoms with Gasteiger partial charge in [-0.3, -0.25) is 14.6 Å². The Morgan fingerprint density at radius 3 is 3.04 bits per heavy atom. The quantitative estimate of drug-likeness (QED) is 0.849. The average Bonchev–Trinajstić information content (AvgIpc) is 2.98. The van der Waals surface area contributed by atoms with Crippen molar-refractivity contribution in [2.45, 2.75) is 38.5 Å². The molecule has 0 radical (unpaired) electrons. The second kappa shape index (κ2) is 7.40. The molecule has 1 aliphatic carbocycles. The van der Waals surface area contributed by atoms with Gasteiger partial charge in [0, 0.05) is 25.7 Å². The maximum Gasteiger partial charge on any atom is 0.227 e. The van der Waals surface area contributed by atoms with E-state index in [0.29, 0.717) is 13.1 Å². The van der Waals surface area contributed by atoms with E-state index in [4.69, 9.17) is 0 Å². The number of aromatic nitrogens is 1. The van der Waals surface area contributed by atoms with Crippen molar-refractivity contribution in [2.24, 2.45) is 5.92 Å². The van der Waals surface area contributed by atoms with Crippen molar-refractivity contribution in [1.29, 1.82) is 0 Å². The van der Waals surface area contributed by atoms with E-state index in [2.05, 4.69) is 16.4 Å². The van der Waals surface area contributed by atoms with Crippen LogP contribution in [-0.4, -0.2) is 29.9 Å². The summed E-state index contributed by atoms with van der Waals surface area (Å²) in [6, 6.07) is 3.65. The molecule has 0 saturated carbocycles. The molecule has 23 heavy (non-hydrogen) atoms. The summed E-state index contributed by atoms with van der Waals surface area (Å²) in [4.78, 5) is 30.1. The molecule has 0 aromatic carbocycles. The molecule has 1 aromatic heterocycles. The highest BCUT2D eigenvalue weighted by Gasteiger charge is 2.34. The fourth-order valence-corrected chi connectivity index (χ4v) is 3.27. The van der Waals surface area contributed by atoms with Crippen molar-refractivity contribution in [3.05, 3.63) is 36.2 Å². The molecule has 5 nitrogen and oxygen atoms in total. The van der Waals surface area contributed by atoms with Crippen LogP contribution in [-0.2, 0) is 9.59 Å². The zero-order chi connectivity index (χ0) is 16.1. The molecule has 1 aromatic rings. The monoisotopic (exact) mass is 313 g/mol. The Bertz CT molecular complexity index is 598. The predicted molar refractivity (Wildman–Crippen MR) is 88.9 cm³/mol. The Morgan fingerprint density at radius 1 is 1.39 bits per heavy atom. The van der Waals surface area contributed by atoms with Gasteiger partial charge in [0.05, 0.1) is 17.8 Å². The van der Waals surface area contributed by atoms with E-state index in [0.717, 1.165) is 18.5 Å². The topological polar surface area (TPSA) is 62.3 Å². The van der Waals surface area contributed by atoms with Crippen molar-refractivity contribution in [3.63, 3.8) is 0 Å². The first-order valence-corrected chi connectivity index (χ1v) is 8.40. The molecule has 1 saturated heterocycles. The maximum absolute atomic E-state index is 12.3. The molecule has 0 spiro atoms. The Labute approximate surface area is 136 Å². The van der Waals surface area contributed by atoms with E-state index < -0.39 is 0 Å². The van der Waals surface area contributed by atoms with Gasteiger partial charge in [-0.05, 0) is 44.2 Å². The minimum absolute atomic E-state index is 0.00635. The first-order valence-electron chi connectivity index (χ1n) is 8.40. The van der Waals surface area contributed by atoms with Crippen LogP contribution >= 0.6 is 0 Å². The SMILES string of the molecule is O=C(NCCC1=CCCCC1)C1CC(=O)N(c2cccnc2)C1. The highest BCUT2D eigenvalue weighted by molar-refractivity contribution is 6.00. The van der Waals surface area contributed by atoms with Crippen molar-refractivity contribution < 1.29 is 9.59 Å². The molecule has 2 amide bonds. The second-order valence-electron chi connectivity index (χ2n) is 6.27. The third-order valence-electron chi connectivity index (χ3n) is 4.58. The molecule has 1 aliphatic heterocycles. The summed E-state index contributed by atoms with van der Waals surface area (Å²) in [6.07, 6.45) is 11.7. The normalized spacial score (nSPS) is 21.2. The van der Waals surface area contributed by atoms with Crippen molar-refractivity contribution in [2.75, 3.05) is 18.0 Å². The Kier molecular flexibility index (Phi) is 5.05. The Morgan fingerprint density at radius 2 is 2.30 bits per heavy atom. The molecule has 0 bridgehead atoms. The van der Waals surface area contributed by atoms with Crippen LogP contribution in [0.3, 0.4) is 0 Å². The van der Waals surface area contributed by atoms with Crippen LogP contribution in [0.5, 0.6) is 0 Å². The van der Waals surface area contributed by atoms with Gasteiger partial charge in [0.25, 0.3) is 0 Å². The lowest BCUT2D eigenvalue weighted by Gasteiger charge is -2.16. The smallest absolute Gasteiger partial charge is 0.227 e. The van der Waals surface area contributed by atoms with Gasteiger partial charge in [-0.15, -0.1) is 0 Å². The van der Waals surface area contributed by atoms with Gasteiger partial charge < -0.3 is 10.2 Å². The number of nitrogens with one attached hydrogen (secondary N) is 1. The minimum Gasteiger partial charge on any atom is -0.355 e. The first-order chi connectivity index (χ1) is 11.2. The fraction of sp³-hybridized carbons (Fsp3) is 0.500. The summed E-state index contributed by atoms with van der Waals surface area (Å²) in [5.41, 5.74) is 2.22. The Hall–Kier alpha value is -2.17. The van der Waals surface area contributed by atoms with Crippen molar-refractivity contribution in [3.8, 4) is 0 Å². The molecule has 1 unspecified atom stereocenters. The van der Waals surface area contributed by atoms with Crippen molar-refractivity contribution in [1.82, 2.24) is 10.3 Å². The highest BCUT2D eigenvalue weighted by Crippen LogP contribution is 2.24. The van der Waals surface area contributed by atoms with E-state index in [1.54, 1.807) is 23.4 Å². The number of anilines is 1. The summed E-state index contributed by atoms with van der Waals surface area (Å²) in [7, 11) is 0. The number of hydrogen-bond donors (Lipinski definition) is 1. The van der Waals surface area contributed by atoms with Crippen LogP contribution < -0.4 is 10.2 Å². The van der Waals surface area contributed by atoms with Crippen LogP contribution in [0.25, 0.3) is 0 Å². The van der Waals surface area contributed by atoms with E-state index in [-0.39, 0.29) is 24.2 Å². The molecule has 3 rings (SSSR count). The fourth-order valence-electron chi connectivity index (χ4n) is 3.27. The largest absolute Gasteiger partial charge is 0.355 e. The zero-order valence-corrected chi connectivity index (χ0v) is 13.3. The molecular formula is C18H23N3O2. The number of carbonyl (C=O) groups is 2. The first kappa shape index (κ1) is 15.7. The van der Waals surface area contributed by atoms with E-state index in [9.17, 15) is 9.59 Å². The summed E-state index contributed by atoms with van der Waals surface area (Å²) < 4.78 is 0. The third kappa shape index (κ3) is 3.97. The maximum atomic E-state index is 12.3. The number of allylic oxidation sites excluding steroid dienone is 1. The average molecular weight is 313 g/mol. The molecule has 122 valence electrons. The predicted octanol–water partition coefficient (Wildman–Crippen LogP) is 2.44. The number of nitrogens with zero attached hydrogens (tertiary/aromatic N) is 2. The van der Waals surface area contributed by atoms with Gasteiger partial charge in [-0.2, -0.15) is 0 Å². The number of pyridine rings is 1. The molecule has 2 heterocycles. The van der Waals surface area contributed by atoms with E-state index in [1.807, 2.05) is 6.07 Å². The number of carbonyl (C=O) groups excluding carboxylic acids is 2. The molecule has 1 N–H and O–H groups in total. The summed E-state index contributed by atoms with van der Waals surface area (Å²) in [5, 5.41) is 2.99. The van der Waals surface area contributed by atoms with Gasteiger partial charge in [-0.1, -0.05) is 11.6 Å². The molecule has 5 heteroatoms. The van der Waals surface area contributed by atoms with Gasteiger partial charge in [0.2, 0.25) is 11.8 Å². The van der Waals surface area contributed by atoms with Gasteiger partial charge in [-0.25, -0.2) is 0 Å². The van der Waals surface area contributed by atoms with Gasteiger partial charge in [0.15, 0.2) is 0 Å². The van der Waals surface area contributed by atoms with Crippen LogP contribution in [0.1, 0.15) is 38.5 Å². The zero-order valence-electron chi connectivity index (χ0n) is 13.3. The summed E-state index contributed by atoms with van der Waals surface area (Å²) in [6.45, 7) is 1.11. The highest BCUT2D eigenvalue weighted by atomic mass is 16.2. The van der Waals surface area contributed by atoms with Crippen LogP contribution in [0.4, 0.5) is 5.69 Å². The third-order valence-corrected chi connectivity index (χ3v) is 4.58. The van der Waals surface area contributed by atoms with Crippen LogP contribution in [0, 0.1) is 5.92 Å². The van der Waals surface area contributed by atoms with E-state index in [1.165, 1.54) is 24.8 Å². The second-order valence-corrected chi connectivity index (χ2v) is 6.27. The van der Waals surface area contributed by atoms with Gasteiger partial charge >= 0.3 is 0 Å². The van der Waals surface area contributed by atoms with Crippen molar-refractivity contribution >= 4 is 17.5 Å². The molecular weight excluding hydrogens is 290 g/mol. The summed E-state index contributed by atoms with van der Waals surface area (Å²) in [5.74, 6) is -0.280. The molecule has 1 atom stereocenters. The molecule has 2 aliphatic rings. The molecule has 1 fully saturated rings. The van der Waals surface area contributed by atoms with Gasteiger partial charge in [0.1, 0.15) is 0 Å². The summed E-state index contributed by atoms with van der Waals surface area (Å²) >= 11 is 0. The Balaban J connectivity index is 1.49. The standard InChI is InChI=1S/C18H23N3O2/c22-17-11-15(13-21(17)16-7-4-9-19-12-16)18(23)20-10-8-14-5-2-1-3-6-14/h4-5,7,9,12,15H,1-3,6,8,10-11,13H2,(H,20,23). The lowest BCUT2D eigenvalue weighted by molar-refractivity contribution is -0.126. The lowest BCUT2D eigenvalue weighted by atomic mass is 9.97. The van der Waals surface area contributed by atoms with E-state index >= 15 is 0 Å². The number of rotatable bonds is 5. The minimum atomic E-state index is -0.261. The van der Waals surface area contributed by atoms with Crippen LogP contribution in [0.15, 0.2) is 36.2 Å². The number of hydrogen-bond acceptors (Lipinski definition) is 3. The number of amides is 2. The lowest BCUT2D eigenvalue weighted by Crippen LogP contribution is -2.33.